The van der Waals surface area contributed by atoms with Gasteiger partial charge in [-0.2, -0.15) is 5.10 Å². The van der Waals surface area contributed by atoms with Gasteiger partial charge in [0.1, 0.15) is 4.99 Å². The van der Waals surface area contributed by atoms with Gasteiger partial charge >= 0.3 is 0 Å². The van der Waals surface area contributed by atoms with E-state index < -0.39 is 16.1 Å². The molecule has 1 aromatic heterocycles. The molecule has 1 atom stereocenters. The highest BCUT2D eigenvalue weighted by Gasteiger charge is 2.22. The third-order valence-electron chi connectivity index (χ3n) is 2.79. The van der Waals surface area contributed by atoms with Gasteiger partial charge in [-0.3, -0.25) is 5.10 Å². The number of thiocarbonyl (C=S) groups is 1. The van der Waals surface area contributed by atoms with E-state index in [0.29, 0.717) is 5.56 Å². The van der Waals surface area contributed by atoms with Crippen LogP contribution < -0.4 is 10.5 Å². The number of benzene rings is 1. The maximum Gasteiger partial charge on any atom is 0.241 e. The summed E-state index contributed by atoms with van der Waals surface area (Å²) in [6.07, 6.45) is 3.19. The van der Waals surface area contributed by atoms with Crippen molar-refractivity contribution in [2.45, 2.75) is 17.9 Å². The van der Waals surface area contributed by atoms with Gasteiger partial charge in [0.25, 0.3) is 0 Å². The van der Waals surface area contributed by atoms with Gasteiger partial charge in [-0.05, 0) is 13.0 Å². The topological polar surface area (TPSA) is 101 Å². The van der Waals surface area contributed by atoms with E-state index in [1.54, 1.807) is 37.5 Å². The molecule has 0 bridgehead atoms. The zero-order valence-electron chi connectivity index (χ0n) is 10.7. The van der Waals surface area contributed by atoms with Crippen molar-refractivity contribution in [3.63, 3.8) is 0 Å². The molecule has 0 amide bonds. The van der Waals surface area contributed by atoms with Crippen molar-refractivity contribution < 1.29 is 8.42 Å². The summed E-state index contributed by atoms with van der Waals surface area (Å²) in [7, 11) is -3.72. The normalized spacial score (nSPS) is 13.1. The highest BCUT2D eigenvalue weighted by Crippen LogP contribution is 2.19. The van der Waals surface area contributed by atoms with E-state index in [-0.39, 0.29) is 9.88 Å². The minimum absolute atomic E-state index is 0.0435. The minimum Gasteiger partial charge on any atom is -0.389 e. The van der Waals surface area contributed by atoms with E-state index in [1.807, 2.05) is 0 Å². The monoisotopic (exact) mass is 310 g/mol. The lowest BCUT2D eigenvalue weighted by Crippen LogP contribution is -2.28. The summed E-state index contributed by atoms with van der Waals surface area (Å²) in [6, 6.07) is 5.95. The van der Waals surface area contributed by atoms with Crippen LogP contribution in [-0.4, -0.2) is 23.6 Å². The number of nitrogens with two attached hydrogens (primary N) is 1. The molecule has 0 saturated carbocycles. The zero-order valence-corrected chi connectivity index (χ0v) is 12.3. The highest BCUT2D eigenvalue weighted by molar-refractivity contribution is 7.89. The first-order chi connectivity index (χ1) is 9.42. The molecule has 0 aliphatic heterocycles. The van der Waals surface area contributed by atoms with Gasteiger partial charge in [0.05, 0.1) is 11.1 Å². The molecule has 0 spiro atoms. The van der Waals surface area contributed by atoms with Gasteiger partial charge < -0.3 is 5.73 Å². The molecule has 20 heavy (non-hydrogen) atoms. The lowest BCUT2D eigenvalue weighted by Gasteiger charge is -2.14. The fraction of sp³-hybridized carbons (Fsp3) is 0.167. The van der Waals surface area contributed by atoms with Crippen LogP contribution >= 0.6 is 12.2 Å². The van der Waals surface area contributed by atoms with Crippen LogP contribution in [0.2, 0.25) is 0 Å². The Labute approximate surface area is 122 Å². The van der Waals surface area contributed by atoms with Gasteiger partial charge in [-0.25, -0.2) is 13.1 Å². The Balaban J connectivity index is 2.34. The lowest BCUT2D eigenvalue weighted by molar-refractivity contribution is 0.567. The number of hydrogen-bond donors (Lipinski definition) is 3. The molecular weight excluding hydrogens is 296 g/mol. The largest absolute Gasteiger partial charge is 0.389 e. The number of hydrogen-bond acceptors (Lipinski definition) is 4. The first-order valence-electron chi connectivity index (χ1n) is 5.81. The van der Waals surface area contributed by atoms with Crippen LogP contribution in [0, 0.1) is 0 Å². The Kier molecular flexibility index (Phi) is 4.17. The average Bonchev–Trinajstić information content (AvgIpc) is 2.92. The fourth-order valence-electron chi connectivity index (χ4n) is 1.77. The van der Waals surface area contributed by atoms with Crippen molar-refractivity contribution in [2.24, 2.45) is 5.73 Å². The molecular formula is C12H14N4O2S2. The molecule has 0 aliphatic rings. The van der Waals surface area contributed by atoms with Crippen LogP contribution in [0.1, 0.15) is 24.1 Å². The Hall–Kier alpha value is -1.77. The van der Waals surface area contributed by atoms with Crippen LogP contribution in [0.25, 0.3) is 0 Å². The third-order valence-corrected chi connectivity index (χ3v) is 4.61. The van der Waals surface area contributed by atoms with Gasteiger partial charge in [0.15, 0.2) is 0 Å². The molecule has 106 valence electrons. The van der Waals surface area contributed by atoms with E-state index in [2.05, 4.69) is 14.9 Å². The zero-order chi connectivity index (χ0) is 14.8. The van der Waals surface area contributed by atoms with Crippen molar-refractivity contribution in [1.29, 1.82) is 0 Å². The van der Waals surface area contributed by atoms with Crippen LogP contribution in [0.15, 0.2) is 41.6 Å². The molecule has 8 heteroatoms. The van der Waals surface area contributed by atoms with Crippen LogP contribution in [0.3, 0.4) is 0 Å². The van der Waals surface area contributed by atoms with E-state index in [9.17, 15) is 8.42 Å². The maximum absolute atomic E-state index is 12.4. The number of rotatable bonds is 5. The number of aromatic amines is 1. The molecule has 2 aromatic rings. The van der Waals surface area contributed by atoms with Crippen LogP contribution in [-0.2, 0) is 10.0 Å². The molecule has 0 fully saturated rings. The Bertz CT molecular complexity index is 711. The van der Waals surface area contributed by atoms with E-state index in [0.717, 1.165) is 5.56 Å². The van der Waals surface area contributed by atoms with Gasteiger partial charge in [0.2, 0.25) is 10.0 Å². The van der Waals surface area contributed by atoms with Crippen LogP contribution in [0.5, 0.6) is 0 Å². The van der Waals surface area contributed by atoms with Crippen LogP contribution in [0.4, 0.5) is 0 Å². The number of H-pyrrole nitrogens is 1. The first-order valence-corrected chi connectivity index (χ1v) is 7.71. The van der Waals surface area contributed by atoms with Crippen molar-refractivity contribution in [3.8, 4) is 0 Å². The Morgan fingerprint density at radius 3 is 2.75 bits per heavy atom. The number of nitrogens with zero attached hydrogens (tertiary/aromatic N) is 1. The number of aromatic nitrogens is 2. The third kappa shape index (κ3) is 3.03. The molecule has 0 saturated heterocycles. The van der Waals surface area contributed by atoms with Crippen molar-refractivity contribution in [1.82, 2.24) is 14.9 Å². The fourth-order valence-corrected chi connectivity index (χ4v) is 3.46. The van der Waals surface area contributed by atoms with Crippen molar-refractivity contribution in [2.75, 3.05) is 0 Å². The Morgan fingerprint density at radius 1 is 1.45 bits per heavy atom. The molecule has 1 aromatic carbocycles. The van der Waals surface area contributed by atoms with E-state index >= 15 is 0 Å². The second kappa shape index (κ2) is 5.70. The SMILES string of the molecule is CC(NS(=O)(=O)c1ccccc1C(N)=S)c1cn[nH]c1. The molecule has 1 heterocycles. The van der Waals surface area contributed by atoms with Gasteiger partial charge in [0, 0.05) is 23.4 Å². The van der Waals surface area contributed by atoms with Gasteiger partial charge in [-0.1, -0.05) is 30.4 Å². The summed E-state index contributed by atoms with van der Waals surface area (Å²) in [5.74, 6) is 0. The predicted molar refractivity (Wildman–Crippen MR) is 79.7 cm³/mol. The van der Waals surface area contributed by atoms with Gasteiger partial charge in [-0.15, -0.1) is 0 Å². The maximum atomic E-state index is 12.4. The molecule has 0 radical (unpaired) electrons. The Morgan fingerprint density at radius 2 is 2.15 bits per heavy atom. The standard InChI is InChI=1S/C12H14N4O2S2/c1-8(9-6-14-15-7-9)16-20(17,18)11-5-3-2-4-10(11)12(13)19/h2-8,16H,1H3,(H2,13,19)(H,14,15). The average molecular weight is 310 g/mol. The number of nitrogens with one attached hydrogen (secondary N) is 2. The summed E-state index contributed by atoms with van der Waals surface area (Å²) >= 11 is 4.88. The second-order valence-electron chi connectivity index (χ2n) is 4.24. The highest BCUT2D eigenvalue weighted by atomic mass is 32.2. The predicted octanol–water partition coefficient (Wildman–Crippen LogP) is 1.08. The summed E-state index contributed by atoms with van der Waals surface area (Å²) in [6.45, 7) is 1.73. The molecule has 0 aliphatic carbocycles. The lowest BCUT2D eigenvalue weighted by atomic mass is 10.2. The summed E-state index contributed by atoms with van der Waals surface area (Å²) in [5, 5.41) is 6.43. The molecule has 6 nitrogen and oxygen atoms in total. The molecule has 4 N–H and O–H groups in total. The molecule has 1 unspecified atom stereocenters. The second-order valence-corrected chi connectivity index (χ2v) is 6.36. The van der Waals surface area contributed by atoms with E-state index in [1.165, 1.54) is 6.07 Å². The van der Waals surface area contributed by atoms with E-state index in [4.69, 9.17) is 18.0 Å². The van der Waals surface area contributed by atoms with Crippen molar-refractivity contribution >= 4 is 27.2 Å². The summed E-state index contributed by atoms with van der Waals surface area (Å²) in [4.78, 5) is 0.116. The molecule has 2 rings (SSSR count). The van der Waals surface area contributed by atoms with Crippen molar-refractivity contribution in [3.05, 3.63) is 47.8 Å². The first kappa shape index (κ1) is 14.6. The quantitative estimate of drug-likeness (QED) is 0.718. The summed E-state index contributed by atoms with van der Waals surface area (Å²) in [5.41, 5.74) is 6.63. The minimum atomic E-state index is -3.72. The smallest absolute Gasteiger partial charge is 0.241 e. The summed E-state index contributed by atoms with van der Waals surface area (Å²) < 4.78 is 27.4. The number of sulfonamides is 1.